The average molecular weight is 337 g/mol. The molecule has 4 nitrogen and oxygen atoms in total. The zero-order chi connectivity index (χ0) is 17.6. The number of hydrogen-bond donors (Lipinski definition) is 1. The van der Waals surface area contributed by atoms with Crippen molar-refractivity contribution in [2.75, 3.05) is 18.0 Å². The predicted molar refractivity (Wildman–Crippen MR) is 94.6 cm³/mol. The first-order chi connectivity index (χ1) is 12.2. The second-order valence-corrected chi connectivity index (χ2v) is 6.24. The molecule has 0 radical (unpaired) electrons. The highest BCUT2D eigenvalue weighted by Gasteiger charge is 2.23. The molecule has 2 aromatic rings. The molecule has 1 aliphatic rings. The smallest absolute Gasteiger partial charge is 0.224 e. The maximum atomic E-state index is 13.8. The largest absolute Gasteiger partial charge is 0.370 e. The van der Waals surface area contributed by atoms with Crippen LogP contribution >= 0.6 is 0 Å². The molecule has 25 heavy (non-hydrogen) atoms. The Kier molecular flexibility index (Phi) is 5.30. The van der Waals surface area contributed by atoms with Crippen molar-refractivity contribution in [3.05, 3.63) is 65.5 Å². The molecule has 0 unspecified atom stereocenters. The molecule has 1 amide bonds. The molecule has 1 aliphatic heterocycles. The average Bonchev–Trinajstić information content (AvgIpc) is 2.63. The summed E-state index contributed by atoms with van der Waals surface area (Å²) >= 11 is 0. The van der Waals surface area contributed by atoms with Gasteiger partial charge in [-0.3, -0.25) is 4.79 Å². The molecule has 1 fully saturated rings. The number of halogens is 1. The van der Waals surface area contributed by atoms with Crippen molar-refractivity contribution >= 4 is 11.6 Å². The van der Waals surface area contributed by atoms with Gasteiger partial charge >= 0.3 is 0 Å². The highest BCUT2D eigenvalue weighted by molar-refractivity contribution is 5.78. The van der Waals surface area contributed by atoms with Crippen molar-refractivity contribution in [3.8, 4) is 6.07 Å². The second kappa shape index (κ2) is 7.80. The molecule has 0 bridgehead atoms. The van der Waals surface area contributed by atoms with E-state index in [9.17, 15) is 9.18 Å². The van der Waals surface area contributed by atoms with Crippen molar-refractivity contribution in [1.82, 2.24) is 5.32 Å². The number of nitrogens with zero attached hydrogens (tertiary/aromatic N) is 2. The van der Waals surface area contributed by atoms with E-state index in [1.807, 2.05) is 41.3 Å². The van der Waals surface area contributed by atoms with Gasteiger partial charge in [-0.15, -0.1) is 0 Å². The molecule has 0 atom stereocenters. The van der Waals surface area contributed by atoms with Crippen LogP contribution < -0.4 is 10.2 Å². The number of amides is 1. The van der Waals surface area contributed by atoms with Crippen LogP contribution in [0.2, 0.25) is 0 Å². The van der Waals surface area contributed by atoms with Gasteiger partial charge in [-0.05, 0) is 30.5 Å². The first-order valence-electron chi connectivity index (χ1n) is 8.44. The van der Waals surface area contributed by atoms with Crippen molar-refractivity contribution in [3.63, 3.8) is 0 Å². The van der Waals surface area contributed by atoms with E-state index in [0.717, 1.165) is 18.4 Å². The number of benzene rings is 2. The van der Waals surface area contributed by atoms with Crippen molar-refractivity contribution in [2.45, 2.75) is 25.3 Å². The number of carbonyl (C=O) groups is 1. The highest BCUT2D eigenvalue weighted by Crippen LogP contribution is 2.25. The lowest BCUT2D eigenvalue weighted by molar-refractivity contribution is -0.121. The van der Waals surface area contributed by atoms with Gasteiger partial charge in [0.1, 0.15) is 17.4 Å². The third kappa shape index (κ3) is 4.16. The van der Waals surface area contributed by atoms with Crippen LogP contribution in [0.1, 0.15) is 24.0 Å². The molecule has 1 N–H and O–H groups in total. The van der Waals surface area contributed by atoms with E-state index in [-0.39, 0.29) is 17.5 Å². The van der Waals surface area contributed by atoms with Crippen molar-refractivity contribution < 1.29 is 9.18 Å². The fraction of sp³-hybridized carbons (Fsp3) is 0.300. The molecular weight excluding hydrogens is 317 g/mol. The first-order valence-corrected chi connectivity index (χ1v) is 8.44. The lowest BCUT2D eigenvalue weighted by Crippen LogP contribution is -2.45. The Balaban J connectivity index is 1.55. The summed E-state index contributed by atoms with van der Waals surface area (Å²) in [6, 6.07) is 16.4. The molecule has 128 valence electrons. The molecule has 1 heterocycles. The van der Waals surface area contributed by atoms with E-state index >= 15 is 0 Å². The summed E-state index contributed by atoms with van der Waals surface area (Å²) in [5, 5.41) is 12.2. The van der Waals surface area contributed by atoms with Crippen LogP contribution in [-0.4, -0.2) is 25.0 Å². The van der Waals surface area contributed by atoms with E-state index < -0.39 is 5.82 Å². The fourth-order valence-electron chi connectivity index (χ4n) is 3.21. The van der Waals surface area contributed by atoms with Gasteiger partial charge in [0.05, 0.1) is 12.1 Å². The van der Waals surface area contributed by atoms with Gasteiger partial charge in [0.2, 0.25) is 5.91 Å². The molecule has 3 rings (SSSR count). The van der Waals surface area contributed by atoms with Gasteiger partial charge in [-0.1, -0.05) is 36.4 Å². The molecule has 0 spiro atoms. The van der Waals surface area contributed by atoms with Crippen LogP contribution in [-0.2, 0) is 11.2 Å². The van der Waals surface area contributed by atoms with E-state index in [4.69, 9.17) is 5.26 Å². The first kappa shape index (κ1) is 17.0. The molecule has 0 aromatic heterocycles. The van der Waals surface area contributed by atoms with Crippen LogP contribution in [0.4, 0.5) is 10.1 Å². The normalized spacial score (nSPS) is 14.8. The van der Waals surface area contributed by atoms with Gasteiger partial charge in [-0.2, -0.15) is 5.26 Å². The summed E-state index contributed by atoms with van der Waals surface area (Å²) in [7, 11) is 0. The standard InChI is InChI=1S/C20H20FN3O/c21-18-7-4-8-19(17(18)14-22)24-11-9-16(10-12-24)23-20(25)13-15-5-2-1-3-6-15/h1-8,16H,9-13H2,(H,23,25). The minimum absolute atomic E-state index is 0.0214. The summed E-state index contributed by atoms with van der Waals surface area (Å²) in [5.74, 6) is -0.466. The molecule has 0 aliphatic carbocycles. The maximum Gasteiger partial charge on any atom is 0.224 e. The van der Waals surface area contributed by atoms with Crippen LogP contribution in [0.15, 0.2) is 48.5 Å². The van der Waals surface area contributed by atoms with Gasteiger partial charge < -0.3 is 10.2 Å². The van der Waals surface area contributed by atoms with Crippen LogP contribution in [0, 0.1) is 17.1 Å². The SMILES string of the molecule is N#Cc1c(F)cccc1N1CCC(NC(=O)Cc2ccccc2)CC1. The van der Waals surface area contributed by atoms with Crippen LogP contribution in [0.25, 0.3) is 0 Å². The van der Waals surface area contributed by atoms with Crippen LogP contribution in [0.5, 0.6) is 0 Å². The van der Waals surface area contributed by atoms with Crippen LogP contribution in [0.3, 0.4) is 0 Å². The Morgan fingerprint density at radius 2 is 1.88 bits per heavy atom. The number of anilines is 1. The predicted octanol–water partition coefficient (Wildman–Crippen LogP) is 3.03. The number of nitrogens with one attached hydrogen (secondary N) is 1. The summed E-state index contributed by atoms with van der Waals surface area (Å²) in [5.41, 5.74) is 1.72. The second-order valence-electron chi connectivity index (χ2n) is 6.24. The highest BCUT2D eigenvalue weighted by atomic mass is 19.1. The van der Waals surface area contributed by atoms with E-state index in [1.165, 1.54) is 6.07 Å². The Hall–Kier alpha value is -2.87. The lowest BCUT2D eigenvalue weighted by atomic mass is 10.0. The lowest BCUT2D eigenvalue weighted by Gasteiger charge is -2.34. The summed E-state index contributed by atoms with van der Waals surface area (Å²) in [6.45, 7) is 1.38. The summed E-state index contributed by atoms with van der Waals surface area (Å²) < 4.78 is 13.8. The Labute approximate surface area is 146 Å². The quantitative estimate of drug-likeness (QED) is 0.933. The number of rotatable bonds is 4. The topological polar surface area (TPSA) is 56.1 Å². The Morgan fingerprint density at radius 3 is 2.56 bits per heavy atom. The molecule has 5 heteroatoms. The minimum Gasteiger partial charge on any atom is -0.370 e. The molecule has 0 saturated carbocycles. The van der Waals surface area contributed by atoms with Crippen molar-refractivity contribution in [1.29, 1.82) is 5.26 Å². The zero-order valence-corrected chi connectivity index (χ0v) is 13.9. The van der Waals surface area contributed by atoms with E-state index in [1.54, 1.807) is 12.1 Å². The van der Waals surface area contributed by atoms with Crippen molar-refractivity contribution in [2.24, 2.45) is 0 Å². The van der Waals surface area contributed by atoms with Gasteiger partial charge in [0, 0.05) is 19.1 Å². The maximum absolute atomic E-state index is 13.8. The molecular formula is C20H20FN3O. The minimum atomic E-state index is -0.488. The summed E-state index contributed by atoms with van der Waals surface area (Å²) in [6.07, 6.45) is 1.94. The van der Waals surface area contributed by atoms with E-state index in [2.05, 4.69) is 5.32 Å². The molecule has 1 saturated heterocycles. The zero-order valence-electron chi connectivity index (χ0n) is 13.9. The monoisotopic (exact) mass is 337 g/mol. The van der Waals surface area contributed by atoms with Gasteiger partial charge in [0.15, 0.2) is 0 Å². The van der Waals surface area contributed by atoms with Gasteiger partial charge in [0.25, 0.3) is 0 Å². The number of nitriles is 1. The van der Waals surface area contributed by atoms with Gasteiger partial charge in [-0.25, -0.2) is 4.39 Å². The third-order valence-electron chi connectivity index (χ3n) is 4.51. The molecule has 2 aromatic carbocycles. The van der Waals surface area contributed by atoms with E-state index in [0.29, 0.717) is 25.2 Å². The Morgan fingerprint density at radius 1 is 1.16 bits per heavy atom. The fourth-order valence-corrected chi connectivity index (χ4v) is 3.21. The third-order valence-corrected chi connectivity index (χ3v) is 4.51. The number of carbonyl (C=O) groups excluding carboxylic acids is 1. The summed E-state index contributed by atoms with van der Waals surface area (Å²) in [4.78, 5) is 14.2. The number of hydrogen-bond acceptors (Lipinski definition) is 3. The number of piperidine rings is 1. The Bertz CT molecular complexity index is 777.